The molecule has 0 radical (unpaired) electrons. The Bertz CT molecular complexity index is 1320. The Morgan fingerprint density at radius 3 is 2.44 bits per heavy atom. The van der Waals surface area contributed by atoms with Gasteiger partial charge in [0.25, 0.3) is 0 Å². The fourth-order valence-electron chi connectivity index (χ4n) is 3.89. The van der Waals surface area contributed by atoms with Crippen molar-refractivity contribution in [3.8, 4) is 5.75 Å². The summed E-state index contributed by atoms with van der Waals surface area (Å²) in [6.45, 7) is 1.99. The number of rotatable bonds is 9. The fourth-order valence-corrected chi connectivity index (χ4v) is 4.65. The summed E-state index contributed by atoms with van der Waals surface area (Å²) >= 11 is 24.6. The van der Waals surface area contributed by atoms with Crippen LogP contribution in [0.1, 0.15) is 16.8 Å². The van der Waals surface area contributed by atoms with Crippen LogP contribution >= 0.6 is 47.0 Å². The molecule has 0 aliphatic rings. The molecule has 36 heavy (non-hydrogen) atoms. The molecule has 0 unspecified atom stereocenters. The van der Waals surface area contributed by atoms with Gasteiger partial charge in [-0.2, -0.15) is 0 Å². The molecule has 0 saturated carbocycles. The molecule has 4 aromatic rings. The molecule has 1 aromatic heterocycles. The summed E-state index contributed by atoms with van der Waals surface area (Å²) in [4.78, 5) is 2.14. The van der Waals surface area contributed by atoms with Gasteiger partial charge in [-0.15, -0.1) is 0 Å². The molecule has 186 valence electrons. The van der Waals surface area contributed by atoms with Crippen molar-refractivity contribution in [3.05, 3.63) is 117 Å². The van der Waals surface area contributed by atoms with E-state index >= 15 is 0 Å². The predicted octanol–water partition coefficient (Wildman–Crippen LogP) is 7.95. The first-order valence-corrected chi connectivity index (χ1v) is 13.0. The van der Waals surface area contributed by atoms with Gasteiger partial charge in [-0.1, -0.05) is 65.1 Å². The van der Waals surface area contributed by atoms with E-state index in [4.69, 9.17) is 51.8 Å². The fraction of sp³-hybridized carbons (Fsp3) is 0.179. The number of nitrogens with zero attached hydrogens (tertiary/aromatic N) is 2. The molecular formula is C28H26Cl3N3OS. The van der Waals surface area contributed by atoms with Gasteiger partial charge in [0, 0.05) is 40.0 Å². The van der Waals surface area contributed by atoms with E-state index in [9.17, 15) is 0 Å². The van der Waals surface area contributed by atoms with E-state index in [1.54, 1.807) is 13.2 Å². The summed E-state index contributed by atoms with van der Waals surface area (Å²) in [7, 11) is 1.62. The zero-order valence-corrected chi connectivity index (χ0v) is 22.8. The standard InChI is InChI=1S/C28H26Cl3N3OS/c1-35-27-13-12-23(30)17-26(27)32-28(36)34(16-14-20-8-10-22(29)11-9-20)19-24-6-4-15-33(24)18-21-5-2-3-7-25(21)31/h2-13,15,17H,14,16,18-19H2,1H3,(H,32,36). The molecule has 0 atom stereocenters. The van der Waals surface area contributed by atoms with E-state index < -0.39 is 0 Å². The van der Waals surface area contributed by atoms with E-state index in [1.165, 1.54) is 5.56 Å². The maximum Gasteiger partial charge on any atom is 0.173 e. The second kappa shape index (κ2) is 12.5. The number of halogens is 3. The van der Waals surface area contributed by atoms with Gasteiger partial charge in [-0.25, -0.2) is 0 Å². The Kier molecular flexibility index (Phi) is 9.16. The molecule has 0 fully saturated rings. The highest BCUT2D eigenvalue weighted by molar-refractivity contribution is 7.80. The Labute approximate surface area is 232 Å². The van der Waals surface area contributed by atoms with Gasteiger partial charge in [-0.05, 0) is 78.3 Å². The number of aromatic nitrogens is 1. The average molecular weight is 559 g/mol. The smallest absolute Gasteiger partial charge is 0.173 e. The highest BCUT2D eigenvalue weighted by atomic mass is 35.5. The maximum absolute atomic E-state index is 6.42. The lowest BCUT2D eigenvalue weighted by Gasteiger charge is -2.27. The lowest BCUT2D eigenvalue weighted by Crippen LogP contribution is -2.36. The number of ether oxygens (including phenoxy) is 1. The van der Waals surface area contributed by atoms with Crippen molar-refractivity contribution < 1.29 is 4.74 Å². The highest BCUT2D eigenvalue weighted by Crippen LogP contribution is 2.28. The molecule has 0 aliphatic heterocycles. The zero-order chi connectivity index (χ0) is 25.5. The maximum atomic E-state index is 6.42. The van der Waals surface area contributed by atoms with Gasteiger partial charge < -0.3 is 19.5 Å². The third kappa shape index (κ3) is 6.95. The van der Waals surface area contributed by atoms with Crippen LogP contribution in [0.25, 0.3) is 0 Å². The van der Waals surface area contributed by atoms with Crippen molar-refractivity contribution >= 4 is 57.8 Å². The van der Waals surface area contributed by atoms with E-state index in [0.29, 0.717) is 35.5 Å². The molecule has 0 saturated heterocycles. The van der Waals surface area contributed by atoms with Crippen LogP contribution in [0.2, 0.25) is 15.1 Å². The largest absolute Gasteiger partial charge is 0.495 e. The van der Waals surface area contributed by atoms with Gasteiger partial charge >= 0.3 is 0 Å². The number of methoxy groups -OCH3 is 1. The van der Waals surface area contributed by atoms with Crippen LogP contribution in [0, 0.1) is 0 Å². The van der Waals surface area contributed by atoms with Gasteiger partial charge in [0.05, 0.1) is 19.3 Å². The van der Waals surface area contributed by atoms with Gasteiger partial charge in [0.15, 0.2) is 5.11 Å². The van der Waals surface area contributed by atoms with Gasteiger partial charge in [0.1, 0.15) is 5.75 Å². The Hall–Kier alpha value is -2.70. The minimum Gasteiger partial charge on any atom is -0.495 e. The summed E-state index contributed by atoms with van der Waals surface area (Å²) in [5, 5.41) is 5.99. The SMILES string of the molecule is COc1ccc(Cl)cc1NC(=S)N(CCc1ccc(Cl)cc1)Cc1cccn1Cc1ccccc1Cl. The molecule has 0 spiro atoms. The number of hydrogen-bond acceptors (Lipinski definition) is 2. The summed E-state index contributed by atoms with van der Waals surface area (Å²) in [6.07, 6.45) is 2.86. The topological polar surface area (TPSA) is 29.4 Å². The van der Waals surface area contributed by atoms with Crippen LogP contribution in [0.5, 0.6) is 5.75 Å². The molecule has 8 heteroatoms. The summed E-state index contributed by atoms with van der Waals surface area (Å²) in [5.74, 6) is 0.668. The van der Waals surface area contributed by atoms with E-state index in [1.807, 2.05) is 66.7 Å². The second-order valence-corrected chi connectivity index (χ2v) is 9.96. The van der Waals surface area contributed by atoms with E-state index in [2.05, 4.69) is 27.0 Å². The van der Waals surface area contributed by atoms with Crippen molar-refractivity contribution in [1.82, 2.24) is 9.47 Å². The Morgan fingerprint density at radius 2 is 1.69 bits per heavy atom. The normalized spacial score (nSPS) is 10.8. The van der Waals surface area contributed by atoms with Gasteiger partial charge in [-0.3, -0.25) is 0 Å². The third-order valence-corrected chi connectivity index (χ3v) is 7.06. The minimum absolute atomic E-state index is 0.579. The molecule has 0 bridgehead atoms. The molecule has 4 nitrogen and oxygen atoms in total. The van der Waals surface area contributed by atoms with E-state index in [-0.39, 0.29) is 0 Å². The first-order chi connectivity index (χ1) is 17.4. The zero-order valence-electron chi connectivity index (χ0n) is 19.8. The monoisotopic (exact) mass is 557 g/mol. The van der Waals surface area contributed by atoms with Crippen LogP contribution in [0.15, 0.2) is 85.1 Å². The first kappa shape index (κ1) is 26.4. The number of hydrogen-bond donors (Lipinski definition) is 1. The van der Waals surface area contributed by atoms with Crippen molar-refractivity contribution in [3.63, 3.8) is 0 Å². The van der Waals surface area contributed by atoms with Crippen LogP contribution in [0.4, 0.5) is 5.69 Å². The van der Waals surface area contributed by atoms with Crippen molar-refractivity contribution in [2.24, 2.45) is 0 Å². The third-order valence-electron chi connectivity index (χ3n) is 5.85. The summed E-state index contributed by atoms with van der Waals surface area (Å²) < 4.78 is 7.69. The first-order valence-electron chi connectivity index (χ1n) is 11.4. The van der Waals surface area contributed by atoms with Crippen LogP contribution in [-0.2, 0) is 19.5 Å². The number of anilines is 1. The summed E-state index contributed by atoms with van der Waals surface area (Å²) in [6, 6.07) is 25.3. The number of thiocarbonyl (C=S) groups is 1. The molecule has 1 heterocycles. The van der Waals surface area contributed by atoms with Crippen LogP contribution in [-0.4, -0.2) is 28.2 Å². The Balaban J connectivity index is 1.56. The predicted molar refractivity (Wildman–Crippen MR) is 155 cm³/mol. The summed E-state index contributed by atoms with van der Waals surface area (Å²) in [5.41, 5.74) is 4.08. The molecule has 4 rings (SSSR count). The lowest BCUT2D eigenvalue weighted by molar-refractivity contribution is 0.407. The average Bonchev–Trinajstić information content (AvgIpc) is 3.30. The lowest BCUT2D eigenvalue weighted by atomic mass is 10.1. The molecular weight excluding hydrogens is 533 g/mol. The molecule has 0 aliphatic carbocycles. The second-order valence-electron chi connectivity index (χ2n) is 8.29. The number of benzene rings is 3. The highest BCUT2D eigenvalue weighted by Gasteiger charge is 2.16. The van der Waals surface area contributed by atoms with Crippen molar-refractivity contribution in [2.45, 2.75) is 19.5 Å². The molecule has 1 N–H and O–H groups in total. The Morgan fingerprint density at radius 1 is 0.944 bits per heavy atom. The van der Waals surface area contributed by atoms with Crippen molar-refractivity contribution in [1.29, 1.82) is 0 Å². The quantitative estimate of drug-likeness (QED) is 0.211. The van der Waals surface area contributed by atoms with Crippen LogP contribution in [0.3, 0.4) is 0 Å². The van der Waals surface area contributed by atoms with E-state index in [0.717, 1.165) is 33.4 Å². The van der Waals surface area contributed by atoms with Crippen LogP contribution < -0.4 is 10.1 Å². The number of nitrogens with one attached hydrogen (secondary N) is 1. The molecule has 0 amide bonds. The van der Waals surface area contributed by atoms with Gasteiger partial charge in [0.2, 0.25) is 0 Å². The van der Waals surface area contributed by atoms with Crippen molar-refractivity contribution in [2.75, 3.05) is 19.0 Å². The molecule has 3 aromatic carbocycles. The minimum atomic E-state index is 0.579.